The molecule has 3 heteroatoms. The van der Waals surface area contributed by atoms with Crippen LogP contribution in [0.15, 0.2) is 24.3 Å². The highest BCUT2D eigenvalue weighted by Gasteiger charge is 2.08. The van der Waals surface area contributed by atoms with Crippen molar-refractivity contribution in [3.63, 3.8) is 0 Å². The van der Waals surface area contributed by atoms with Gasteiger partial charge in [0.05, 0.1) is 6.61 Å². The van der Waals surface area contributed by atoms with E-state index in [2.05, 4.69) is 25.7 Å². The van der Waals surface area contributed by atoms with Gasteiger partial charge in [-0.3, -0.25) is 0 Å². The second-order valence-corrected chi connectivity index (χ2v) is 4.47. The van der Waals surface area contributed by atoms with Crippen molar-refractivity contribution in [1.82, 2.24) is 4.90 Å². The molecule has 17 heavy (non-hydrogen) atoms. The quantitative estimate of drug-likeness (QED) is 0.740. The molecule has 1 aromatic rings. The van der Waals surface area contributed by atoms with Crippen LogP contribution in [0.5, 0.6) is 5.75 Å². The van der Waals surface area contributed by atoms with Gasteiger partial charge < -0.3 is 15.4 Å². The van der Waals surface area contributed by atoms with Crippen molar-refractivity contribution in [2.75, 3.05) is 32.0 Å². The molecule has 0 bridgehead atoms. The summed E-state index contributed by atoms with van der Waals surface area (Å²) in [5.41, 5.74) is 6.45. The lowest BCUT2D eigenvalue weighted by atomic mass is 10.2. The summed E-state index contributed by atoms with van der Waals surface area (Å²) in [7, 11) is 0. The lowest BCUT2D eigenvalue weighted by Gasteiger charge is -2.22. The van der Waals surface area contributed by atoms with Gasteiger partial charge >= 0.3 is 0 Å². The fourth-order valence-corrected chi connectivity index (χ4v) is 1.82. The van der Waals surface area contributed by atoms with Gasteiger partial charge in [0.1, 0.15) is 5.75 Å². The Hall–Kier alpha value is -1.22. The minimum atomic E-state index is 0.524. The number of rotatable bonds is 7. The predicted molar refractivity (Wildman–Crippen MR) is 73.3 cm³/mol. The summed E-state index contributed by atoms with van der Waals surface area (Å²) >= 11 is 0. The predicted octanol–water partition coefficient (Wildman–Crippen LogP) is 2.63. The molecule has 2 N–H and O–H groups in total. The number of anilines is 1. The van der Waals surface area contributed by atoms with Gasteiger partial charge in [-0.2, -0.15) is 0 Å². The summed E-state index contributed by atoms with van der Waals surface area (Å²) in [6.45, 7) is 10.6. The highest BCUT2D eigenvalue weighted by atomic mass is 16.5. The Balaban J connectivity index is 2.35. The molecule has 0 aromatic heterocycles. The van der Waals surface area contributed by atoms with Crippen LogP contribution in [-0.2, 0) is 0 Å². The summed E-state index contributed by atoms with van der Waals surface area (Å²) in [5.74, 6) is 1.38. The molecule has 3 nitrogen and oxygen atoms in total. The zero-order valence-corrected chi connectivity index (χ0v) is 11.1. The van der Waals surface area contributed by atoms with Gasteiger partial charge in [0.2, 0.25) is 0 Å². The summed E-state index contributed by atoms with van der Waals surface area (Å²) in [4.78, 5) is 2.41. The number of nitrogens with zero attached hydrogens (tertiary/aromatic N) is 1. The standard InChI is InChI=1S/C14H24N2O/c1-4-16(5-2)10-12(3)11-17-14-8-6-7-13(15)9-14/h6-9,12H,4-5,10-11,15H2,1-3H3. The van der Waals surface area contributed by atoms with Crippen molar-refractivity contribution in [1.29, 1.82) is 0 Å². The Morgan fingerprint density at radius 2 is 2.00 bits per heavy atom. The van der Waals surface area contributed by atoms with Crippen molar-refractivity contribution >= 4 is 5.69 Å². The average Bonchev–Trinajstić information content (AvgIpc) is 2.33. The number of nitrogen functional groups attached to an aromatic ring is 1. The number of hydrogen-bond donors (Lipinski definition) is 1. The lowest BCUT2D eigenvalue weighted by molar-refractivity contribution is 0.195. The highest BCUT2D eigenvalue weighted by molar-refractivity contribution is 5.43. The largest absolute Gasteiger partial charge is 0.493 e. The minimum absolute atomic E-state index is 0.524. The van der Waals surface area contributed by atoms with E-state index in [0.717, 1.165) is 37.7 Å². The van der Waals surface area contributed by atoms with Gasteiger partial charge in [0.15, 0.2) is 0 Å². The number of hydrogen-bond acceptors (Lipinski definition) is 3. The molecule has 0 fully saturated rings. The molecule has 0 saturated heterocycles. The van der Waals surface area contributed by atoms with Crippen LogP contribution in [0.25, 0.3) is 0 Å². The molecule has 1 unspecified atom stereocenters. The van der Waals surface area contributed by atoms with E-state index >= 15 is 0 Å². The van der Waals surface area contributed by atoms with Crippen molar-refractivity contribution < 1.29 is 4.74 Å². The van der Waals surface area contributed by atoms with E-state index in [4.69, 9.17) is 10.5 Å². The SMILES string of the molecule is CCN(CC)CC(C)COc1cccc(N)c1. The Bertz CT molecular complexity index is 324. The van der Waals surface area contributed by atoms with Crippen LogP contribution in [0.1, 0.15) is 20.8 Å². The molecule has 1 rings (SSSR count). The minimum Gasteiger partial charge on any atom is -0.493 e. The second-order valence-electron chi connectivity index (χ2n) is 4.47. The first-order chi connectivity index (χ1) is 8.15. The normalized spacial score (nSPS) is 12.7. The molecule has 0 aliphatic carbocycles. The maximum Gasteiger partial charge on any atom is 0.121 e. The monoisotopic (exact) mass is 236 g/mol. The molecule has 0 spiro atoms. The summed E-state index contributed by atoms with van der Waals surface area (Å²) in [5, 5.41) is 0. The van der Waals surface area contributed by atoms with E-state index in [0.29, 0.717) is 5.92 Å². The third-order valence-electron chi connectivity index (χ3n) is 2.86. The van der Waals surface area contributed by atoms with E-state index in [-0.39, 0.29) is 0 Å². The van der Waals surface area contributed by atoms with Gasteiger partial charge in [0, 0.05) is 24.2 Å². The number of benzene rings is 1. The molecule has 0 amide bonds. The van der Waals surface area contributed by atoms with Crippen molar-refractivity contribution in [3.8, 4) is 5.75 Å². The van der Waals surface area contributed by atoms with Gasteiger partial charge in [-0.1, -0.05) is 26.8 Å². The van der Waals surface area contributed by atoms with Crippen LogP contribution in [0.3, 0.4) is 0 Å². The van der Waals surface area contributed by atoms with Crippen LogP contribution in [0, 0.1) is 5.92 Å². The van der Waals surface area contributed by atoms with E-state index in [1.165, 1.54) is 0 Å². The molecular formula is C14H24N2O. The molecule has 1 atom stereocenters. The van der Waals surface area contributed by atoms with Gasteiger partial charge in [-0.05, 0) is 25.2 Å². The van der Waals surface area contributed by atoms with Crippen LogP contribution in [0.4, 0.5) is 5.69 Å². The van der Waals surface area contributed by atoms with Crippen LogP contribution in [0.2, 0.25) is 0 Å². The first kappa shape index (κ1) is 13.8. The second kappa shape index (κ2) is 7.17. The van der Waals surface area contributed by atoms with Gasteiger partial charge in [-0.15, -0.1) is 0 Å². The van der Waals surface area contributed by atoms with Crippen molar-refractivity contribution in [2.45, 2.75) is 20.8 Å². The Morgan fingerprint density at radius 3 is 2.59 bits per heavy atom. The van der Waals surface area contributed by atoms with Crippen LogP contribution < -0.4 is 10.5 Å². The Labute approximate surface area is 105 Å². The molecular weight excluding hydrogens is 212 g/mol. The van der Waals surface area contributed by atoms with E-state index in [1.807, 2.05) is 24.3 Å². The molecule has 0 saturated carbocycles. The molecule has 0 aliphatic rings. The molecule has 96 valence electrons. The first-order valence-corrected chi connectivity index (χ1v) is 6.36. The zero-order chi connectivity index (χ0) is 12.7. The van der Waals surface area contributed by atoms with E-state index < -0.39 is 0 Å². The van der Waals surface area contributed by atoms with E-state index in [1.54, 1.807) is 0 Å². The zero-order valence-electron chi connectivity index (χ0n) is 11.1. The molecule has 0 aliphatic heterocycles. The molecule has 0 radical (unpaired) electrons. The fourth-order valence-electron chi connectivity index (χ4n) is 1.82. The third-order valence-corrected chi connectivity index (χ3v) is 2.86. The summed E-state index contributed by atoms with van der Waals surface area (Å²) < 4.78 is 5.73. The molecule has 0 heterocycles. The summed E-state index contributed by atoms with van der Waals surface area (Å²) in [6, 6.07) is 7.59. The highest BCUT2D eigenvalue weighted by Crippen LogP contribution is 2.15. The average molecular weight is 236 g/mol. The number of ether oxygens (including phenoxy) is 1. The van der Waals surface area contributed by atoms with Crippen molar-refractivity contribution in [2.24, 2.45) is 5.92 Å². The fraction of sp³-hybridized carbons (Fsp3) is 0.571. The topological polar surface area (TPSA) is 38.5 Å². The third kappa shape index (κ3) is 5.09. The Kier molecular flexibility index (Phi) is 5.84. The smallest absolute Gasteiger partial charge is 0.121 e. The van der Waals surface area contributed by atoms with Crippen LogP contribution >= 0.6 is 0 Å². The maximum absolute atomic E-state index is 5.73. The van der Waals surface area contributed by atoms with Gasteiger partial charge in [0.25, 0.3) is 0 Å². The number of nitrogens with two attached hydrogens (primary N) is 1. The van der Waals surface area contributed by atoms with Crippen LogP contribution in [-0.4, -0.2) is 31.1 Å². The maximum atomic E-state index is 5.73. The van der Waals surface area contributed by atoms with Crippen molar-refractivity contribution in [3.05, 3.63) is 24.3 Å². The first-order valence-electron chi connectivity index (χ1n) is 6.36. The Morgan fingerprint density at radius 1 is 1.29 bits per heavy atom. The molecule has 1 aromatic carbocycles. The summed E-state index contributed by atoms with van der Waals surface area (Å²) in [6.07, 6.45) is 0. The van der Waals surface area contributed by atoms with Gasteiger partial charge in [-0.25, -0.2) is 0 Å². The lowest BCUT2D eigenvalue weighted by Crippen LogP contribution is -2.30. The van der Waals surface area contributed by atoms with E-state index in [9.17, 15) is 0 Å².